The van der Waals surface area contributed by atoms with E-state index in [-0.39, 0.29) is 31.8 Å². The van der Waals surface area contributed by atoms with Gasteiger partial charge < -0.3 is 10.1 Å². The molecule has 1 aliphatic carbocycles. The Morgan fingerprint density at radius 3 is 2.43 bits per heavy atom. The Labute approximate surface area is 134 Å². The molecule has 1 aromatic carbocycles. The lowest BCUT2D eigenvalue weighted by Crippen LogP contribution is -2.60. The van der Waals surface area contributed by atoms with Gasteiger partial charge in [-0.15, -0.1) is 0 Å². The van der Waals surface area contributed by atoms with E-state index in [9.17, 15) is 13.6 Å². The molecular formula is C17H22F2N2O2. The Bertz CT molecular complexity index is 523. The largest absolute Gasteiger partial charge is 0.445 e. The summed E-state index contributed by atoms with van der Waals surface area (Å²) in [5, 5.41) is 2.87. The van der Waals surface area contributed by atoms with E-state index in [0.29, 0.717) is 0 Å². The molecule has 1 aliphatic heterocycles. The van der Waals surface area contributed by atoms with Crippen LogP contribution in [0.15, 0.2) is 30.3 Å². The van der Waals surface area contributed by atoms with E-state index in [4.69, 9.17) is 4.74 Å². The van der Waals surface area contributed by atoms with Gasteiger partial charge in [-0.1, -0.05) is 30.3 Å². The molecule has 1 heterocycles. The Hall–Kier alpha value is -1.69. The van der Waals surface area contributed by atoms with Crippen LogP contribution in [0.4, 0.5) is 13.6 Å². The molecule has 0 unspecified atom stereocenters. The second-order valence-corrected chi connectivity index (χ2v) is 6.47. The van der Waals surface area contributed by atoms with Gasteiger partial charge in [0.05, 0.1) is 13.1 Å². The van der Waals surface area contributed by atoms with Crippen LogP contribution in [0.1, 0.15) is 31.2 Å². The van der Waals surface area contributed by atoms with Crippen LogP contribution < -0.4 is 5.32 Å². The minimum Gasteiger partial charge on any atom is -0.445 e. The van der Waals surface area contributed by atoms with E-state index < -0.39 is 12.0 Å². The highest BCUT2D eigenvalue weighted by Crippen LogP contribution is 2.33. The molecule has 1 aromatic rings. The van der Waals surface area contributed by atoms with Gasteiger partial charge in [0.2, 0.25) is 0 Å². The van der Waals surface area contributed by atoms with Crippen molar-refractivity contribution in [3.8, 4) is 0 Å². The van der Waals surface area contributed by atoms with Crippen molar-refractivity contribution in [3.05, 3.63) is 35.9 Å². The molecule has 23 heavy (non-hydrogen) atoms. The molecule has 3 rings (SSSR count). The van der Waals surface area contributed by atoms with E-state index in [2.05, 4.69) is 5.32 Å². The van der Waals surface area contributed by atoms with Crippen LogP contribution in [-0.2, 0) is 11.3 Å². The highest BCUT2D eigenvalue weighted by atomic mass is 19.3. The standard InChI is InChI=1S/C17H22F2N2O2/c18-17(19)11-21(12-17)15-8-6-14(7-9-15)20-16(22)23-10-13-4-2-1-3-5-13/h1-5,14-15H,6-12H2,(H,20,22)/t14-,15+. The molecular weight excluding hydrogens is 302 g/mol. The summed E-state index contributed by atoms with van der Waals surface area (Å²) in [4.78, 5) is 13.7. The maximum absolute atomic E-state index is 12.9. The predicted molar refractivity (Wildman–Crippen MR) is 82.3 cm³/mol. The number of hydrogen-bond donors (Lipinski definition) is 1. The Kier molecular flexibility index (Phi) is 4.80. The monoisotopic (exact) mass is 324 g/mol. The number of carbonyl (C=O) groups excluding carboxylic acids is 1. The maximum Gasteiger partial charge on any atom is 0.407 e. The summed E-state index contributed by atoms with van der Waals surface area (Å²) in [6.45, 7) is 0.0225. The quantitative estimate of drug-likeness (QED) is 0.925. The Morgan fingerprint density at radius 2 is 1.83 bits per heavy atom. The summed E-state index contributed by atoms with van der Waals surface area (Å²) >= 11 is 0. The second-order valence-electron chi connectivity index (χ2n) is 6.47. The molecule has 0 bridgehead atoms. The number of nitrogens with one attached hydrogen (secondary N) is 1. The van der Waals surface area contributed by atoms with Gasteiger partial charge in [-0.2, -0.15) is 0 Å². The number of halogens is 2. The number of rotatable bonds is 4. The van der Waals surface area contributed by atoms with Crippen molar-refractivity contribution in [1.82, 2.24) is 10.2 Å². The number of likely N-dealkylation sites (tertiary alicyclic amines) is 1. The van der Waals surface area contributed by atoms with Crippen LogP contribution in [0.3, 0.4) is 0 Å². The van der Waals surface area contributed by atoms with Crippen LogP contribution in [0, 0.1) is 0 Å². The van der Waals surface area contributed by atoms with Gasteiger partial charge in [0.25, 0.3) is 5.92 Å². The van der Waals surface area contributed by atoms with E-state index in [1.165, 1.54) is 0 Å². The van der Waals surface area contributed by atoms with Crippen molar-refractivity contribution in [2.75, 3.05) is 13.1 Å². The van der Waals surface area contributed by atoms with Gasteiger partial charge in [0.1, 0.15) is 6.61 Å². The Morgan fingerprint density at radius 1 is 1.17 bits per heavy atom. The van der Waals surface area contributed by atoms with E-state index in [0.717, 1.165) is 31.2 Å². The summed E-state index contributed by atoms with van der Waals surface area (Å²) in [5.74, 6) is -2.50. The number of benzene rings is 1. The molecule has 4 nitrogen and oxygen atoms in total. The lowest BCUT2D eigenvalue weighted by molar-refractivity contribution is -0.150. The molecule has 1 saturated carbocycles. The number of nitrogens with zero attached hydrogens (tertiary/aromatic N) is 1. The third kappa shape index (κ3) is 4.41. The summed E-state index contributed by atoms with van der Waals surface area (Å²) in [5.41, 5.74) is 0.949. The zero-order chi connectivity index (χ0) is 16.3. The molecule has 1 N–H and O–H groups in total. The Balaban J connectivity index is 1.35. The molecule has 2 fully saturated rings. The van der Waals surface area contributed by atoms with Gasteiger partial charge in [-0.05, 0) is 31.2 Å². The number of amides is 1. The smallest absolute Gasteiger partial charge is 0.407 e. The lowest BCUT2D eigenvalue weighted by Gasteiger charge is -2.46. The average Bonchev–Trinajstić information content (AvgIpc) is 2.52. The summed E-state index contributed by atoms with van der Waals surface area (Å²) < 4.78 is 31.0. The van der Waals surface area contributed by atoms with Gasteiger partial charge in [0, 0.05) is 12.1 Å². The SMILES string of the molecule is O=C(N[C@H]1CC[C@@H](N2CC(F)(F)C2)CC1)OCc1ccccc1. The lowest BCUT2D eigenvalue weighted by atomic mass is 9.88. The van der Waals surface area contributed by atoms with Gasteiger partial charge >= 0.3 is 6.09 Å². The van der Waals surface area contributed by atoms with E-state index in [1.54, 1.807) is 0 Å². The van der Waals surface area contributed by atoms with Gasteiger partial charge in [-0.3, -0.25) is 4.90 Å². The third-order valence-electron chi connectivity index (χ3n) is 4.62. The van der Waals surface area contributed by atoms with Crippen LogP contribution in [0.5, 0.6) is 0 Å². The molecule has 6 heteroatoms. The van der Waals surface area contributed by atoms with Gasteiger partial charge in [-0.25, -0.2) is 13.6 Å². The van der Waals surface area contributed by atoms with E-state index >= 15 is 0 Å². The molecule has 0 radical (unpaired) electrons. The molecule has 1 saturated heterocycles. The third-order valence-corrected chi connectivity index (χ3v) is 4.62. The molecule has 1 amide bonds. The first-order chi connectivity index (χ1) is 11.0. The summed E-state index contributed by atoms with van der Waals surface area (Å²) in [6, 6.07) is 9.83. The van der Waals surface area contributed by atoms with Crippen molar-refractivity contribution in [2.45, 2.75) is 50.3 Å². The molecule has 0 atom stereocenters. The van der Waals surface area contributed by atoms with Crippen LogP contribution in [0.25, 0.3) is 0 Å². The highest BCUT2D eigenvalue weighted by molar-refractivity contribution is 5.67. The minimum absolute atomic E-state index is 0.0799. The number of carbonyl (C=O) groups is 1. The minimum atomic E-state index is -2.50. The number of alkyl carbamates (subject to hydrolysis) is 1. The fraction of sp³-hybridized carbons (Fsp3) is 0.588. The van der Waals surface area contributed by atoms with Crippen LogP contribution in [-0.4, -0.2) is 42.1 Å². The van der Waals surface area contributed by atoms with Crippen LogP contribution in [0.2, 0.25) is 0 Å². The van der Waals surface area contributed by atoms with Crippen molar-refractivity contribution >= 4 is 6.09 Å². The number of alkyl halides is 2. The average molecular weight is 324 g/mol. The molecule has 2 aliphatic rings. The second kappa shape index (κ2) is 6.83. The van der Waals surface area contributed by atoms with Crippen molar-refractivity contribution in [1.29, 1.82) is 0 Å². The maximum atomic E-state index is 12.9. The number of hydrogen-bond acceptors (Lipinski definition) is 3. The first-order valence-corrected chi connectivity index (χ1v) is 8.11. The normalized spacial score (nSPS) is 27.0. The first kappa shape index (κ1) is 16.2. The summed E-state index contributed by atoms with van der Waals surface area (Å²) in [6.07, 6.45) is 2.91. The van der Waals surface area contributed by atoms with Crippen molar-refractivity contribution < 1.29 is 18.3 Å². The van der Waals surface area contributed by atoms with Crippen LogP contribution >= 0.6 is 0 Å². The molecule has 0 aromatic heterocycles. The van der Waals surface area contributed by atoms with Crippen molar-refractivity contribution in [3.63, 3.8) is 0 Å². The topological polar surface area (TPSA) is 41.6 Å². The highest BCUT2D eigenvalue weighted by Gasteiger charge is 2.46. The molecule has 0 spiro atoms. The van der Waals surface area contributed by atoms with E-state index in [1.807, 2.05) is 35.2 Å². The van der Waals surface area contributed by atoms with Gasteiger partial charge in [0.15, 0.2) is 0 Å². The fourth-order valence-electron chi connectivity index (χ4n) is 3.32. The van der Waals surface area contributed by atoms with Crippen molar-refractivity contribution in [2.24, 2.45) is 0 Å². The zero-order valence-electron chi connectivity index (χ0n) is 13.0. The predicted octanol–water partition coefficient (Wildman–Crippen LogP) is 3.17. The number of ether oxygens (including phenoxy) is 1. The fourth-order valence-corrected chi connectivity index (χ4v) is 3.32. The zero-order valence-corrected chi connectivity index (χ0v) is 13.0. The first-order valence-electron chi connectivity index (χ1n) is 8.11. The summed E-state index contributed by atoms with van der Waals surface area (Å²) in [7, 11) is 0. The molecule has 126 valence electrons.